The fourth-order valence-corrected chi connectivity index (χ4v) is 4.78. The van der Waals surface area contributed by atoms with Gasteiger partial charge in [-0.15, -0.1) is 11.3 Å². The molecule has 0 radical (unpaired) electrons. The first kappa shape index (κ1) is 15.1. The van der Waals surface area contributed by atoms with E-state index >= 15 is 0 Å². The lowest BCUT2D eigenvalue weighted by Crippen LogP contribution is -2.50. The van der Waals surface area contributed by atoms with E-state index in [9.17, 15) is 4.79 Å². The molecule has 5 nitrogen and oxygen atoms in total. The number of nitrogens with zero attached hydrogens (tertiary/aromatic N) is 2. The van der Waals surface area contributed by atoms with Gasteiger partial charge in [-0.2, -0.15) is 0 Å². The van der Waals surface area contributed by atoms with Crippen molar-refractivity contribution in [2.75, 3.05) is 19.7 Å². The maximum absolute atomic E-state index is 12.6. The number of rotatable bonds is 2. The van der Waals surface area contributed by atoms with Crippen molar-refractivity contribution in [1.29, 1.82) is 0 Å². The van der Waals surface area contributed by atoms with Crippen LogP contribution in [0.5, 0.6) is 0 Å². The molecule has 1 spiro atoms. The minimum atomic E-state index is -0.414. The molecule has 3 aliphatic rings. The molecule has 4 heterocycles. The van der Waals surface area contributed by atoms with Crippen LogP contribution in [-0.4, -0.2) is 42.3 Å². The summed E-state index contributed by atoms with van der Waals surface area (Å²) in [4.78, 5) is 21.3. The number of oxime groups is 1. The van der Waals surface area contributed by atoms with Crippen molar-refractivity contribution in [2.24, 2.45) is 5.16 Å². The molecular formula is C17H22N2O3S. The van der Waals surface area contributed by atoms with Gasteiger partial charge in [-0.05, 0) is 36.3 Å². The maximum Gasteiger partial charge on any atom is 0.266 e. The normalized spacial score (nSPS) is 25.9. The number of piperidine rings is 1. The Morgan fingerprint density at radius 1 is 1.48 bits per heavy atom. The third-order valence-electron chi connectivity index (χ3n) is 5.24. The lowest BCUT2D eigenvalue weighted by molar-refractivity contribution is -0.150. The zero-order chi connectivity index (χ0) is 15.9. The van der Waals surface area contributed by atoms with Crippen LogP contribution in [0.4, 0.5) is 0 Å². The molecule has 0 aliphatic carbocycles. The van der Waals surface area contributed by atoms with Crippen molar-refractivity contribution in [2.45, 2.75) is 50.7 Å². The average molecular weight is 334 g/mol. The monoisotopic (exact) mass is 334 g/mol. The maximum atomic E-state index is 12.6. The number of fused-ring (bicyclic) bond motifs is 2. The zero-order valence-electron chi connectivity index (χ0n) is 13.4. The number of likely N-dealkylation sites (tertiary alicyclic amines) is 1. The van der Waals surface area contributed by atoms with E-state index in [-0.39, 0.29) is 11.5 Å². The van der Waals surface area contributed by atoms with Gasteiger partial charge in [-0.1, -0.05) is 12.1 Å². The first-order valence-electron chi connectivity index (χ1n) is 8.43. The molecule has 23 heavy (non-hydrogen) atoms. The van der Waals surface area contributed by atoms with E-state index in [1.54, 1.807) is 0 Å². The Morgan fingerprint density at radius 3 is 3.04 bits per heavy atom. The van der Waals surface area contributed by atoms with Gasteiger partial charge in [0.2, 0.25) is 6.10 Å². The highest BCUT2D eigenvalue weighted by atomic mass is 32.1. The van der Waals surface area contributed by atoms with Gasteiger partial charge >= 0.3 is 0 Å². The number of hydrogen-bond donors (Lipinski definition) is 0. The lowest BCUT2D eigenvalue weighted by Gasteiger charge is -2.44. The standard InChI is InChI=1S/C17H22N2O3S/c1-2-12-11-14(22-18-12)16(20)19-7-5-17(6-8-19)13-4-10-23-15(13)3-9-21-17/h4,10,14H,2-3,5-9,11H2,1H3. The van der Waals surface area contributed by atoms with Gasteiger partial charge in [0.05, 0.1) is 17.9 Å². The summed E-state index contributed by atoms with van der Waals surface area (Å²) in [5, 5.41) is 6.16. The predicted molar refractivity (Wildman–Crippen MR) is 88.7 cm³/mol. The molecule has 4 rings (SSSR count). The van der Waals surface area contributed by atoms with E-state index in [0.29, 0.717) is 6.42 Å². The second-order valence-corrected chi connectivity index (χ2v) is 7.49. The highest BCUT2D eigenvalue weighted by molar-refractivity contribution is 7.10. The number of amides is 1. The lowest BCUT2D eigenvalue weighted by atomic mass is 9.82. The Morgan fingerprint density at radius 2 is 2.30 bits per heavy atom. The number of carbonyl (C=O) groups excluding carboxylic acids is 1. The van der Waals surface area contributed by atoms with E-state index in [1.807, 2.05) is 23.2 Å². The summed E-state index contributed by atoms with van der Waals surface area (Å²) in [6.45, 7) is 4.30. The molecule has 0 saturated carbocycles. The van der Waals surface area contributed by atoms with Gasteiger partial charge in [0.15, 0.2) is 0 Å². The van der Waals surface area contributed by atoms with Crippen molar-refractivity contribution in [3.63, 3.8) is 0 Å². The molecular weight excluding hydrogens is 312 g/mol. The van der Waals surface area contributed by atoms with Crippen LogP contribution in [0.25, 0.3) is 0 Å². The van der Waals surface area contributed by atoms with E-state index in [0.717, 1.165) is 51.1 Å². The van der Waals surface area contributed by atoms with Crippen molar-refractivity contribution >= 4 is 23.0 Å². The third-order valence-corrected chi connectivity index (χ3v) is 6.22. The SMILES string of the molecule is CCC1=NOC(C(=O)N2CCC3(CC2)OCCc2sccc23)C1. The van der Waals surface area contributed by atoms with Crippen molar-refractivity contribution in [1.82, 2.24) is 4.90 Å². The zero-order valence-corrected chi connectivity index (χ0v) is 14.2. The molecule has 3 aliphatic heterocycles. The highest BCUT2D eigenvalue weighted by Crippen LogP contribution is 2.43. The van der Waals surface area contributed by atoms with Gasteiger partial charge in [-0.3, -0.25) is 4.79 Å². The second kappa shape index (κ2) is 5.91. The first-order chi connectivity index (χ1) is 11.2. The Balaban J connectivity index is 1.42. The van der Waals surface area contributed by atoms with Gasteiger partial charge in [0.25, 0.3) is 5.91 Å². The minimum Gasteiger partial charge on any atom is -0.382 e. The molecule has 0 N–H and O–H groups in total. The smallest absolute Gasteiger partial charge is 0.266 e. The largest absolute Gasteiger partial charge is 0.382 e. The van der Waals surface area contributed by atoms with E-state index in [4.69, 9.17) is 9.57 Å². The quantitative estimate of drug-likeness (QED) is 0.835. The minimum absolute atomic E-state index is 0.0772. The van der Waals surface area contributed by atoms with Crippen molar-refractivity contribution in [3.8, 4) is 0 Å². The summed E-state index contributed by atoms with van der Waals surface area (Å²) in [6.07, 6.45) is 3.84. The van der Waals surface area contributed by atoms with Gasteiger partial charge < -0.3 is 14.5 Å². The Labute approximate surface area is 140 Å². The molecule has 0 aromatic carbocycles. The Bertz CT molecular complexity index is 632. The Kier molecular flexibility index (Phi) is 3.89. The van der Waals surface area contributed by atoms with Crippen LogP contribution >= 0.6 is 11.3 Å². The number of hydrogen-bond acceptors (Lipinski definition) is 5. The third kappa shape index (κ3) is 2.58. The Hall–Kier alpha value is -1.40. The number of ether oxygens (including phenoxy) is 1. The number of carbonyl (C=O) groups is 1. The molecule has 6 heteroatoms. The van der Waals surface area contributed by atoms with Gasteiger partial charge in [0, 0.05) is 30.8 Å². The van der Waals surface area contributed by atoms with Crippen LogP contribution in [0.1, 0.15) is 43.0 Å². The average Bonchev–Trinajstić information content (AvgIpc) is 3.25. The molecule has 1 amide bonds. The van der Waals surface area contributed by atoms with Crippen LogP contribution in [0.15, 0.2) is 16.6 Å². The fraction of sp³-hybridized carbons (Fsp3) is 0.647. The molecule has 0 bridgehead atoms. The molecule has 1 fully saturated rings. The van der Waals surface area contributed by atoms with Gasteiger partial charge in [0.1, 0.15) is 0 Å². The topological polar surface area (TPSA) is 51.1 Å². The summed E-state index contributed by atoms with van der Waals surface area (Å²) >= 11 is 1.83. The van der Waals surface area contributed by atoms with Crippen LogP contribution in [0.3, 0.4) is 0 Å². The first-order valence-corrected chi connectivity index (χ1v) is 9.31. The number of thiophene rings is 1. The van der Waals surface area contributed by atoms with E-state index in [1.165, 1.54) is 10.4 Å². The molecule has 1 aromatic heterocycles. The molecule has 124 valence electrons. The van der Waals surface area contributed by atoms with E-state index in [2.05, 4.69) is 16.6 Å². The summed E-state index contributed by atoms with van der Waals surface area (Å²) in [6, 6.07) is 2.21. The predicted octanol–water partition coefficient (Wildman–Crippen LogP) is 2.69. The van der Waals surface area contributed by atoms with Crippen molar-refractivity contribution < 1.29 is 14.4 Å². The summed E-state index contributed by atoms with van der Waals surface area (Å²) in [5.41, 5.74) is 2.16. The fourth-order valence-electron chi connectivity index (χ4n) is 3.83. The molecule has 1 aromatic rings. The molecule has 1 unspecified atom stereocenters. The van der Waals surface area contributed by atoms with Crippen LogP contribution in [-0.2, 0) is 26.4 Å². The summed E-state index contributed by atoms with van der Waals surface area (Å²) < 4.78 is 6.19. The summed E-state index contributed by atoms with van der Waals surface area (Å²) in [5.74, 6) is 0.0772. The van der Waals surface area contributed by atoms with Crippen LogP contribution < -0.4 is 0 Å². The molecule has 1 saturated heterocycles. The van der Waals surface area contributed by atoms with Gasteiger partial charge in [-0.25, -0.2) is 0 Å². The molecule has 1 atom stereocenters. The van der Waals surface area contributed by atoms with Crippen molar-refractivity contribution in [3.05, 3.63) is 21.9 Å². The van der Waals surface area contributed by atoms with E-state index < -0.39 is 6.10 Å². The summed E-state index contributed by atoms with van der Waals surface area (Å²) in [7, 11) is 0. The van der Waals surface area contributed by atoms with Crippen LogP contribution in [0, 0.1) is 0 Å². The second-order valence-electron chi connectivity index (χ2n) is 6.48. The highest BCUT2D eigenvalue weighted by Gasteiger charge is 2.43. The van der Waals surface area contributed by atoms with Crippen LogP contribution in [0.2, 0.25) is 0 Å².